The topological polar surface area (TPSA) is 71.2 Å². The highest BCUT2D eigenvalue weighted by molar-refractivity contribution is 5.60. The highest BCUT2D eigenvalue weighted by Gasteiger charge is 2.32. The smallest absolute Gasteiger partial charge is 0.213 e. The van der Waals surface area contributed by atoms with Crippen molar-refractivity contribution in [3.63, 3.8) is 0 Å². The van der Waals surface area contributed by atoms with Gasteiger partial charge in [0.25, 0.3) is 0 Å². The first kappa shape index (κ1) is 20.7. The molecule has 2 aliphatic carbocycles. The van der Waals surface area contributed by atoms with Crippen LogP contribution in [0.15, 0.2) is 4.99 Å². The van der Waals surface area contributed by atoms with Crippen molar-refractivity contribution in [2.45, 2.75) is 69.6 Å². The van der Waals surface area contributed by atoms with Crippen LogP contribution in [0.25, 0.3) is 0 Å². The van der Waals surface area contributed by atoms with Gasteiger partial charge in [-0.3, -0.25) is 24.9 Å². The van der Waals surface area contributed by atoms with Crippen LogP contribution in [0, 0.1) is 16.0 Å². The third kappa shape index (κ3) is 5.96. The van der Waals surface area contributed by atoms with Gasteiger partial charge in [-0.15, -0.1) is 0 Å². The second-order valence-corrected chi connectivity index (χ2v) is 8.41. The maximum Gasteiger partial charge on any atom is 0.213 e. The second kappa shape index (κ2) is 10.5. The quantitative estimate of drug-likeness (QED) is 0.385. The molecule has 0 N–H and O–H groups in total. The van der Waals surface area contributed by atoms with E-state index in [0.29, 0.717) is 30.9 Å². The maximum absolute atomic E-state index is 10.8. The Morgan fingerprint density at radius 3 is 2.44 bits per heavy atom. The Hall–Kier alpha value is -1.05. The maximum atomic E-state index is 10.8. The van der Waals surface area contributed by atoms with Crippen molar-refractivity contribution in [1.29, 1.82) is 0 Å². The van der Waals surface area contributed by atoms with Crippen molar-refractivity contribution in [2.75, 3.05) is 46.4 Å². The van der Waals surface area contributed by atoms with Crippen LogP contribution in [0.4, 0.5) is 0 Å². The summed E-state index contributed by atoms with van der Waals surface area (Å²) in [6, 6.07) is 0.283. The van der Waals surface area contributed by atoms with E-state index in [-0.39, 0.29) is 11.0 Å². The highest BCUT2D eigenvalue weighted by Crippen LogP contribution is 2.26. The van der Waals surface area contributed by atoms with Crippen LogP contribution >= 0.6 is 0 Å². The molecule has 1 saturated heterocycles. The SMILES string of the molecule is COC1CCCCC1N1CCN(CCN=CC2CCC([N+](=O)[O-])CC2)CC1. The number of ether oxygens (including phenoxy) is 1. The van der Waals surface area contributed by atoms with Gasteiger partial charge >= 0.3 is 0 Å². The van der Waals surface area contributed by atoms with Crippen LogP contribution in [0.5, 0.6) is 0 Å². The zero-order chi connectivity index (χ0) is 19.1. The Labute approximate surface area is 163 Å². The summed E-state index contributed by atoms with van der Waals surface area (Å²) >= 11 is 0. The summed E-state index contributed by atoms with van der Waals surface area (Å²) < 4.78 is 5.73. The van der Waals surface area contributed by atoms with E-state index in [4.69, 9.17) is 4.74 Å². The Balaban J connectivity index is 1.31. The number of aliphatic imine (C=N–C) groups is 1. The minimum atomic E-state index is -0.326. The molecule has 7 nitrogen and oxygen atoms in total. The van der Waals surface area contributed by atoms with Gasteiger partial charge in [-0.25, -0.2) is 0 Å². The van der Waals surface area contributed by atoms with Crippen LogP contribution in [0.3, 0.4) is 0 Å². The van der Waals surface area contributed by atoms with Crippen LogP contribution in [-0.2, 0) is 4.74 Å². The molecule has 154 valence electrons. The fourth-order valence-corrected chi connectivity index (χ4v) is 4.97. The van der Waals surface area contributed by atoms with Crippen molar-refractivity contribution >= 4 is 6.21 Å². The van der Waals surface area contributed by atoms with E-state index in [9.17, 15) is 10.1 Å². The summed E-state index contributed by atoms with van der Waals surface area (Å²) in [7, 11) is 1.86. The van der Waals surface area contributed by atoms with Crippen LogP contribution in [-0.4, -0.2) is 85.5 Å². The molecule has 3 rings (SSSR count). The van der Waals surface area contributed by atoms with Gasteiger partial charge in [0.15, 0.2) is 0 Å². The van der Waals surface area contributed by atoms with Gasteiger partial charge in [0, 0.05) is 69.9 Å². The summed E-state index contributed by atoms with van der Waals surface area (Å²) in [6.45, 7) is 6.39. The number of methoxy groups -OCH3 is 1. The average Bonchev–Trinajstić information content (AvgIpc) is 2.72. The van der Waals surface area contributed by atoms with Gasteiger partial charge in [-0.1, -0.05) is 12.8 Å². The third-order valence-electron chi connectivity index (χ3n) is 6.75. The third-order valence-corrected chi connectivity index (χ3v) is 6.75. The molecule has 0 aromatic carbocycles. The predicted molar refractivity (Wildman–Crippen MR) is 107 cm³/mol. The normalized spacial score (nSPS) is 34.1. The van der Waals surface area contributed by atoms with Crippen molar-refractivity contribution < 1.29 is 9.66 Å². The Morgan fingerprint density at radius 1 is 1.07 bits per heavy atom. The van der Waals surface area contributed by atoms with Gasteiger partial charge < -0.3 is 4.74 Å². The summed E-state index contributed by atoms with van der Waals surface area (Å²) in [5, 5.41) is 10.8. The molecule has 0 spiro atoms. The number of hydrogen-bond donors (Lipinski definition) is 0. The first-order valence-corrected chi connectivity index (χ1v) is 10.8. The molecule has 3 fully saturated rings. The minimum Gasteiger partial charge on any atom is -0.380 e. The molecule has 0 amide bonds. The summed E-state index contributed by atoms with van der Waals surface area (Å²) in [5.74, 6) is 0.440. The molecule has 27 heavy (non-hydrogen) atoms. The monoisotopic (exact) mass is 380 g/mol. The van der Waals surface area contributed by atoms with Crippen molar-refractivity contribution in [2.24, 2.45) is 10.9 Å². The molecule has 7 heteroatoms. The second-order valence-electron chi connectivity index (χ2n) is 8.41. The van der Waals surface area contributed by atoms with Gasteiger partial charge in [-0.05, 0) is 31.6 Å². The molecule has 2 unspecified atom stereocenters. The summed E-state index contributed by atoms with van der Waals surface area (Å²) in [4.78, 5) is 20.5. The van der Waals surface area contributed by atoms with Crippen LogP contribution < -0.4 is 0 Å². The van der Waals surface area contributed by atoms with Gasteiger partial charge in [0.1, 0.15) is 0 Å². The number of nitrogens with zero attached hydrogens (tertiary/aromatic N) is 4. The molecule has 2 saturated carbocycles. The molecule has 3 aliphatic rings. The standard InChI is InChI=1S/C20H36N4O3/c1-27-20-5-3-2-4-19(20)23-14-12-22(13-15-23)11-10-21-16-17-6-8-18(9-7-17)24(25)26/h16-20H,2-15H2,1H3. The summed E-state index contributed by atoms with van der Waals surface area (Å²) in [6.07, 6.45) is 10.8. The van der Waals surface area contributed by atoms with E-state index in [1.54, 1.807) is 0 Å². The molecule has 1 aliphatic heterocycles. The van der Waals surface area contributed by atoms with Crippen molar-refractivity contribution in [3.05, 3.63) is 10.1 Å². The molecule has 2 atom stereocenters. The van der Waals surface area contributed by atoms with Crippen molar-refractivity contribution in [3.8, 4) is 0 Å². The van der Waals surface area contributed by atoms with E-state index in [0.717, 1.165) is 52.1 Å². The van der Waals surface area contributed by atoms with E-state index in [1.165, 1.54) is 25.7 Å². The molecule has 0 radical (unpaired) electrons. The molecule has 0 aromatic rings. The predicted octanol–water partition coefficient (Wildman–Crippen LogP) is 2.47. The number of rotatable bonds is 7. The fraction of sp³-hybridized carbons (Fsp3) is 0.950. The Morgan fingerprint density at radius 2 is 1.78 bits per heavy atom. The molecule has 0 aromatic heterocycles. The lowest BCUT2D eigenvalue weighted by molar-refractivity contribution is -0.526. The highest BCUT2D eigenvalue weighted by atomic mass is 16.6. The zero-order valence-electron chi connectivity index (χ0n) is 16.8. The van der Waals surface area contributed by atoms with E-state index in [1.807, 2.05) is 7.11 Å². The molecule has 0 bridgehead atoms. The first-order valence-electron chi connectivity index (χ1n) is 10.8. The first-order chi connectivity index (χ1) is 13.2. The molecular formula is C20H36N4O3. The Kier molecular flexibility index (Phi) is 8.03. The fourth-order valence-electron chi connectivity index (χ4n) is 4.97. The number of piperazine rings is 1. The lowest BCUT2D eigenvalue weighted by Crippen LogP contribution is -2.55. The Bertz CT molecular complexity index is 486. The average molecular weight is 381 g/mol. The van der Waals surface area contributed by atoms with E-state index < -0.39 is 0 Å². The van der Waals surface area contributed by atoms with Gasteiger partial charge in [-0.2, -0.15) is 0 Å². The van der Waals surface area contributed by atoms with Gasteiger partial charge in [0.05, 0.1) is 12.6 Å². The minimum absolute atomic E-state index is 0.116. The van der Waals surface area contributed by atoms with Crippen LogP contribution in [0.2, 0.25) is 0 Å². The summed E-state index contributed by atoms with van der Waals surface area (Å²) in [5.41, 5.74) is 0. The lowest BCUT2D eigenvalue weighted by atomic mass is 9.87. The largest absolute Gasteiger partial charge is 0.380 e. The zero-order valence-corrected chi connectivity index (χ0v) is 16.8. The van der Waals surface area contributed by atoms with E-state index >= 15 is 0 Å². The molecular weight excluding hydrogens is 344 g/mol. The van der Waals surface area contributed by atoms with Crippen molar-refractivity contribution in [1.82, 2.24) is 9.80 Å². The number of nitro groups is 1. The van der Waals surface area contributed by atoms with E-state index in [2.05, 4.69) is 21.0 Å². The van der Waals surface area contributed by atoms with Crippen LogP contribution in [0.1, 0.15) is 51.4 Å². The van der Waals surface area contributed by atoms with Gasteiger partial charge in [0.2, 0.25) is 6.04 Å². The molecule has 1 heterocycles. The lowest BCUT2D eigenvalue weighted by Gasteiger charge is -2.43. The number of hydrogen-bond acceptors (Lipinski definition) is 6.